The van der Waals surface area contributed by atoms with Crippen molar-refractivity contribution in [1.82, 2.24) is 4.98 Å². The Labute approximate surface area is 170 Å². The third-order valence-electron chi connectivity index (χ3n) is 4.51. The number of aryl methyl sites for hydroxylation is 2. The number of oxazole rings is 1. The lowest BCUT2D eigenvalue weighted by atomic mass is 10.1. The van der Waals surface area contributed by atoms with Crippen LogP contribution in [0.5, 0.6) is 0 Å². The van der Waals surface area contributed by atoms with E-state index in [-0.39, 0.29) is 5.91 Å². The van der Waals surface area contributed by atoms with Gasteiger partial charge in [-0.2, -0.15) is 0 Å². The zero-order valence-corrected chi connectivity index (χ0v) is 17.1. The van der Waals surface area contributed by atoms with Crippen LogP contribution in [0, 0.1) is 17.4 Å². The highest BCUT2D eigenvalue weighted by Gasteiger charge is 2.11. The fraction of sp³-hybridized carbons (Fsp3) is 0.0909. The fourth-order valence-corrected chi connectivity index (χ4v) is 3.17. The summed E-state index contributed by atoms with van der Waals surface area (Å²) in [4.78, 5) is 17.0. The van der Waals surface area contributed by atoms with Crippen molar-refractivity contribution in [3.63, 3.8) is 0 Å². The van der Waals surface area contributed by atoms with E-state index in [1.54, 1.807) is 0 Å². The number of benzene rings is 3. The summed E-state index contributed by atoms with van der Waals surface area (Å²) in [5, 5.41) is 2.91. The zero-order valence-electron chi connectivity index (χ0n) is 14.9. The Hall–Kier alpha value is -2.67. The molecule has 0 unspecified atom stereocenters. The topological polar surface area (TPSA) is 55.1 Å². The highest BCUT2D eigenvalue weighted by atomic mass is 127. The van der Waals surface area contributed by atoms with Gasteiger partial charge >= 0.3 is 0 Å². The Kier molecular flexibility index (Phi) is 4.70. The molecule has 0 aliphatic rings. The Morgan fingerprint density at radius 3 is 2.48 bits per heavy atom. The maximum atomic E-state index is 12.4. The van der Waals surface area contributed by atoms with Crippen molar-refractivity contribution < 1.29 is 9.21 Å². The molecule has 0 saturated carbocycles. The molecule has 0 aliphatic heterocycles. The maximum Gasteiger partial charge on any atom is 0.255 e. The van der Waals surface area contributed by atoms with E-state index < -0.39 is 0 Å². The molecule has 4 aromatic rings. The van der Waals surface area contributed by atoms with Crippen LogP contribution in [-0.4, -0.2) is 10.9 Å². The number of aromatic nitrogens is 1. The first-order valence-corrected chi connectivity index (χ1v) is 9.62. The van der Waals surface area contributed by atoms with Crippen molar-refractivity contribution in [3.05, 3.63) is 80.9 Å². The van der Waals surface area contributed by atoms with Crippen molar-refractivity contribution in [1.29, 1.82) is 0 Å². The summed E-state index contributed by atoms with van der Waals surface area (Å²) in [6.45, 7) is 4.15. The minimum absolute atomic E-state index is 0.149. The predicted octanol–water partition coefficient (Wildman–Crippen LogP) is 5.97. The molecule has 5 heteroatoms. The Bertz CT molecular complexity index is 1150. The Morgan fingerprint density at radius 1 is 0.963 bits per heavy atom. The first-order chi connectivity index (χ1) is 13.0. The molecule has 3 aromatic carbocycles. The van der Waals surface area contributed by atoms with E-state index in [0.717, 1.165) is 9.13 Å². The van der Waals surface area contributed by atoms with Crippen molar-refractivity contribution in [2.75, 3.05) is 5.32 Å². The first-order valence-electron chi connectivity index (χ1n) is 8.55. The molecule has 0 bridgehead atoms. The number of anilines is 1. The van der Waals surface area contributed by atoms with Crippen LogP contribution in [0.25, 0.3) is 22.6 Å². The van der Waals surface area contributed by atoms with Gasteiger partial charge in [0.25, 0.3) is 5.91 Å². The van der Waals surface area contributed by atoms with Crippen LogP contribution in [0.3, 0.4) is 0 Å². The summed E-state index contributed by atoms with van der Waals surface area (Å²) >= 11 is 2.21. The molecule has 1 heterocycles. The monoisotopic (exact) mass is 468 g/mol. The van der Waals surface area contributed by atoms with Crippen LogP contribution in [0.1, 0.15) is 21.5 Å². The normalized spacial score (nSPS) is 10.9. The third-order valence-corrected chi connectivity index (χ3v) is 5.22. The molecule has 0 atom stereocenters. The van der Waals surface area contributed by atoms with E-state index in [9.17, 15) is 4.79 Å². The standard InChI is InChI=1S/C22H17IN2O2/c1-13-3-4-16(11-14(13)2)22-25-19-12-18(9-10-20(19)27-22)24-21(26)15-5-7-17(23)8-6-15/h3-12H,1-2H3,(H,24,26). The number of rotatable bonds is 3. The van der Waals surface area contributed by atoms with Crippen molar-refractivity contribution in [3.8, 4) is 11.5 Å². The summed E-state index contributed by atoms with van der Waals surface area (Å²) in [5.41, 5.74) is 6.08. The maximum absolute atomic E-state index is 12.4. The van der Waals surface area contributed by atoms with Gasteiger partial charge in [0.15, 0.2) is 5.58 Å². The highest BCUT2D eigenvalue weighted by molar-refractivity contribution is 14.1. The van der Waals surface area contributed by atoms with Crippen molar-refractivity contribution in [2.45, 2.75) is 13.8 Å². The van der Waals surface area contributed by atoms with Gasteiger partial charge in [-0.3, -0.25) is 4.79 Å². The van der Waals surface area contributed by atoms with Gasteiger partial charge < -0.3 is 9.73 Å². The molecule has 0 radical (unpaired) electrons. The average molecular weight is 468 g/mol. The van der Waals surface area contributed by atoms with E-state index in [2.05, 4.69) is 58.9 Å². The molecule has 0 aliphatic carbocycles. The van der Waals surface area contributed by atoms with E-state index >= 15 is 0 Å². The minimum Gasteiger partial charge on any atom is -0.436 e. The largest absolute Gasteiger partial charge is 0.436 e. The molecular formula is C22H17IN2O2. The summed E-state index contributed by atoms with van der Waals surface area (Å²) < 4.78 is 6.97. The van der Waals surface area contributed by atoms with Gasteiger partial charge in [-0.25, -0.2) is 4.98 Å². The quantitative estimate of drug-likeness (QED) is 0.377. The SMILES string of the molecule is Cc1ccc(-c2nc3cc(NC(=O)c4ccc(I)cc4)ccc3o2)cc1C. The van der Waals surface area contributed by atoms with E-state index in [4.69, 9.17) is 4.42 Å². The number of nitrogens with one attached hydrogen (secondary N) is 1. The predicted molar refractivity (Wildman–Crippen MR) is 116 cm³/mol. The van der Waals surface area contributed by atoms with Crippen molar-refractivity contribution >= 4 is 45.3 Å². The van der Waals surface area contributed by atoms with Gasteiger partial charge in [-0.1, -0.05) is 6.07 Å². The molecule has 1 N–H and O–H groups in total. The van der Waals surface area contributed by atoms with Gasteiger partial charge in [0.2, 0.25) is 5.89 Å². The second kappa shape index (κ2) is 7.15. The second-order valence-electron chi connectivity index (χ2n) is 6.46. The molecular weight excluding hydrogens is 451 g/mol. The lowest BCUT2D eigenvalue weighted by molar-refractivity contribution is 0.102. The minimum atomic E-state index is -0.149. The summed E-state index contributed by atoms with van der Waals surface area (Å²) in [6, 6.07) is 19.1. The van der Waals surface area contributed by atoms with Crippen LogP contribution >= 0.6 is 22.6 Å². The van der Waals surface area contributed by atoms with E-state index in [1.165, 1.54) is 11.1 Å². The van der Waals surface area contributed by atoms with Gasteiger partial charge in [-0.05, 0) is 102 Å². The molecule has 1 amide bonds. The highest BCUT2D eigenvalue weighted by Crippen LogP contribution is 2.27. The van der Waals surface area contributed by atoms with Crippen LogP contribution in [-0.2, 0) is 0 Å². The third kappa shape index (κ3) is 3.73. The number of carbonyl (C=O) groups excluding carboxylic acids is 1. The number of amides is 1. The number of hydrogen-bond acceptors (Lipinski definition) is 3. The Morgan fingerprint density at radius 2 is 1.74 bits per heavy atom. The van der Waals surface area contributed by atoms with E-state index in [0.29, 0.717) is 28.2 Å². The first kappa shape index (κ1) is 17.7. The Balaban J connectivity index is 1.61. The van der Waals surface area contributed by atoms with E-state index in [1.807, 2.05) is 48.5 Å². The van der Waals surface area contributed by atoms with Crippen LogP contribution in [0.2, 0.25) is 0 Å². The molecule has 0 spiro atoms. The number of hydrogen-bond donors (Lipinski definition) is 1. The fourth-order valence-electron chi connectivity index (χ4n) is 2.81. The smallest absolute Gasteiger partial charge is 0.255 e. The average Bonchev–Trinajstić information content (AvgIpc) is 3.08. The molecule has 0 saturated heterocycles. The van der Waals surface area contributed by atoms with Gasteiger partial charge in [0, 0.05) is 20.4 Å². The van der Waals surface area contributed by atoms with Crippen LogP contribution < -0.4 is 5.32 Å². The van der Waals surface area contributed by atoms with Crippen LogP contribution in [0.15, 0.2) is 65.1 Å². The van der Waals surface area contributed by atoms with Gasteiger partial charge in [-0.15, -0.1) is 0 Å². The molecule has 4 nitrogen and oxygen atoms in total. The zero-order chi connectivity index (χ0) is 19.0. The molecule has 4 rings (SSSR count). The molecule has 0 fully saturated rings. The summed E-state index contributed by atoms with van der Waals surface area (Å²) in [6.07, 6.45) is 0. The van der Waals surface area contributed by atoms with Crippen molar-refractivity contribution in [2.24, 2.45) is 0 Å². The number of nitrogens with zero attached hydrogens (tertiary/aromatic N) is 1. The summed E-state index contributed by atoms with van der Waals surface area (Å²) in [7, 11) is 0. The summed E-state index contributed by atoms with van der Waals surface area (Å²) in [5.74, 6) is 0.429. The molecule has 27 heavy (non-hydrogen) atoms. The van der Waals surface area contributed by atoms with Gasteiger partial charge in [0.1, 0.15) is 5.52 Å². The lowest BCUT2D eigenvalue weighted by Crippen LogP contribution is -2.11. The van der Waals surface area contributed by atoms with Crippen LogP contribution in [0.4, 0.5) is 5.69 Å². The number of halogens is 1. The number of fused-ring (bicyclic) bond motifs is 1. The molecule has 1 aromatic heterocycles. The van der Waals surface area contributed by atoms with Gasteiger partial charge in [0.05, 0.1) is 0 Å². The second-order valence-corrected chi connectivity index (χ2v) is 7.71. The lowest BCUT2D eigenvalue weighted by Gasteiger charge is -2.05. The molecule has 134 valence electrons. The number of carbonyl (C=O) groups is 1.